The number of carbonyl (C=O) groups is 1. The summed E-state index contributed by atoms with van der Waals surface area (Å²) in [6, 6.07) is 5.93. The fourth-order valence-electron chi connectivity index (χ4n) is 1.99. The van der Waals surface area contributed by atoms with E-state index in [-0.39, 0.29) is 12.2 Å². The number of nitrogens with one attached hydrogen (secondary N) is 2. The van der Waals surface area contributed by atoms with Gasteiger partial charge >= 0.3 is 0 Å². The van der Waals surface area contributed by atoms with Crippen LogP contribution < -0.4 is 20.1 Å². The number of anilines is 2. The van der Waals surface area contributed by atoms with Gasteiger partial charge in [0.1, 0.15) is 23.1 Å². The molecule has 0 unspecified atom stereocenters. The first-order valence-corrected chi connectivity index (χ1v) is 7.22. The number of hydrogen-bond donors (Lipinski definition) is 2. The standard InChI is InChI=1S/C16H15ClF2N2O3/c1-23-14-7-15(24-2)13(6-12(14)17)21-16(22)8-20-11-4-9(18)3-10(19)5-11/h3-7,20H,8H2,1-2H3,(H,21,22). The summed E-state index contributed by atoms with van der Waals surface area (Å²) in [5.41, 5.74) is 0.503. The largest absolute Gasteiger partial charge is 0.495 e. The number of amides is 1. The van der Waals surface area contributed by atoms with Crippen LogP contribution in [0.2, 0.25) is 5.02 Å². The SMILES string of the molecule is COc1cc(OC)c(NC(=O)CNc2cc(F)cc(F)c2)cc1Cl. The van der Waals surface area contributed by atoms with Crippen LogP contribution in [-0.4, -0.2) is 26.7 Å². The van der Waals surface area contributed by atoms with E-state index in [0.717, 1.165) is 18.2 Å². The lowest BCUT2D eigenvalue weighted by atomic mass is 10.2. The molecule has 24 heavy (non-hydrogen) atoms. The summed E-state index contributed by atoms with van der Waals surface area (Å²) in [6.07, 6.45) is 0. The third kappa shape index (κ3) is 4.48. The lowest BCUT2D eigenvalue weighted by molar-refractivity contribution is -0.114. The zero-order chi connectivity index (χ0) is 17.7. The minimum Gasteiger partial charge on any atom is -0.495 e. The number of rotatable bonds is 6. The Labute approximate surface area is 142 Å². The topological polar surface area (TPSA) is 59.6 Å². The van der Waals surface area contributed by atoms with Crippen molar-refractivity contribution in [2.75, 3.05) is 31.4 Å². The summed E-state index contributed by atoms with van der Waals surface area (Å²) in [5, 5.41) is 5.53. The molecule has 0 radical (unpaired) electrons. The van der Waals surface area contributed by atoms with E-state index < -0.39 is 17.5 Å². The molecule has 0 fully saturated rings. The molecule has 0 atom stereocenters. The van der Waals surface area contributed by atoms with Crippen LogP contribution in [0.3, 0.4) is 0 Å². The minimum absolute atomic E-state index is 0.155. The van der Waals surface area contributed by atoms with Crippen LogP contribution in [0, 0.1) is 11.6 Å². The first kappa shape index (κ1) is 17.8. The number of ether oxygens (including phenoxy) is 2. The number of halogens is 3. The number of benzene rings is 2. The van der Waals surface area contributed by atoms with Gasteiger partial charge in [-0.2, -0.15) is 0 Å². The number of hydrogen-bond acceptors (Lipinski definition) is 4. The smallest absolute Gasteiger partial charge is 0.243 e. The van der Waals surface area contributed by atoms with E-state index in [1.54, 1.807) is 0 Å². The zero-order valence-corrected chi connectivity index (χ0v) is 13.7. The molecule has 0 aliphatic heterocycles. The van der Waals surface area contributed by atoms with E-state index >= 15 is 0 Å². The maximum Gasteiger partial charge on any atom is 0.243 e. The third-order valence-corrected chi connectivity index (χ3v) is 3.36. The number of carbonyl (C=O) groups excluding carboxylic acids is 1. The van der Waals surface area contributed by atoms with Gasteiger partial charge in [0.05, 0.1) is 31.5 Å². The minimum atomic E-state index is -0.735. The van der Waals surface area contributed by atoms with Crippen molar-refractivity contribution in [3.05, 3.63) is 47.0 Å². The Hall–Kier alpha value is -2.54. The fourth-order valence-corrected chi connectivity index (χ4v) is 2.23. The van der Waals surface area contributed by atoms with Gasteiger partial charge < -0.3 is 20.1 Å². The average molecular weight is 357 g/mol. The molecule has 0 bridgehead atoms. The molecule has 0 heterocycles. The van der Waals surface area contributed by atoms with Gasteiger partial charge in [0.15, 0.2) is 0 Å². The van der Waals surface area contributed by atoms with Crippen molar-refractivity contribution >= 4 is 28.9 Å². The van der Waals surface area contributed by atoms with Crippen molar-refractivity contribution in [3.63, 3.8) is 0 Å². The summed E-state index contributed by atoms with van der Waals surface area (Å²) < 4.78 is 36.4. The van der Waals surface area contributed by atoms with Gasteiger partial charge in [-0.05, 0) is 18.2 Å². The Morgan fingerprint density at radius 1 is 1.04 bits per heavy atom. The molecule has 0 aliphatic carbocycles. The summed E-state index contributed by atoms with van der Waals surface area (Å²) in [4.78, 5) is 12.0. The van der Waals surface area contributed by atoms with E-state index in [1.165, 1.54) is 26.4 Å². The van der Waals surface area contributed by atoms with Crippen LogP contribution in [0.1, 0.15) is 0 Å². The van der Waals surface area contributed by atoms with E-state index in [0.29, 0.717) is 22.2 Å². The molecule has 2 aromatic carbocycles. The molecule has 2 N–H and O–H groups in total. The normalized spacial score (nSPS) is 10.2. The monoisotopic (exact) mass is 356 g/mol. The van der Waals surface area contributed by atoms with Crippen LogP contribution in [0.25, 0.3) is 0 Å². The Balaban J connectivity index is 2.05. The van der Waals surface area contributed by atoms with E-state index in [2.05, 4.69) is 10.6 Å². The van der Waals surface area contributed by atoms with Crippen LogP contribution in [0.4, 0.5) is 20.2 Å². The molecule has 2 aromatic rings. The van der Waals surface area contributed by atoms with Gasteiger partial charge in [0, 0.05) is 17.8 Å². The van der Waals surface area contributed by atoms with Gasteiger partial charge in [-0.1, -0.05) is 11.6 Å². The first-order chi connectivity index (χ1) is 11.4. The van der Waals surface area contributed by atoms with Gasteiger partial charge in [-0.3, -0.25) is 4.79 Å². The lowest BCUT2D eigenvalue weighted by Gasteiger charge is -2.13. The Morgan fingerprint density at radius 3 is 2.25 bits per heavy atom. The van der Waals surface area contributed by atoms with Crippen molar-refractivity contribution in [1.82, 2.24) is 0 Å². The van der Waals surface area contributed by atoms with Crippen LogP contribution in [0.15, 0.2) is 30.3 Å². The summed E-state index contributed by atoms with van der Waals surface area (Å²) in [6.45, 7) is -0.199. The molecule has 128 valence electrons. The maximum absolute atomic E-state index is 13.1. The molecular formula is C16H15ClF2N2O3. The van der Waals surface area contributed by atoms with Gasteiger partial charge in [-0.25, -0.2) is 8.78 Å². The van der Waals surface area contributed by atoms with E-state index in [4.69, 9.17) is 21.1 Å². The molecule has 8 heteroatoms. The molecule has 0 saturated carbocycles. The lowest BCUT2D eigenvalue weighted by Crippen LogP contribution is -2.22. The molecule has 0 aliphatic rings. The van der Waals surface area contributed by atoms with Crippen molar-refractivity contribution in [1.29, 1.82) is 0 Å². The van der Waals surface area contributed by atoms with Crippen molar-refractivity contribution < 1.29 is 23.0 Å². The highest BCUT2D eigenvalue weighted by Gasteiger charge is 2.12. The highest BCUT2D eigenvalue weighted by Crippen LogP contribution is 2.35. The second-order valence-corrected chi connectivity index (χ2v) is 5.15. The zero-order valence-electron chi connectivity index (χ0n) is 13.0. The van der Waals surface area contributed by atoms with E-state index in [9.17, 15) is 13.6 Å². The summed E-state index contributed by atoms with van der Waals surface area (Å²) in [5.74, 6) is -1.15. The van der Waals surface area contributed by atoms with Crippen molar-refractivity contribution in [2.45, 2.75) is 0 Å². The van der Waals surface area contributed by atoms with Crippen LogP contribution >= 0.6 is 11.6 Å². The molecule has 0 saturated heterocycles. The Kier molecular flexibility index (Phi) is 5.81. The highest BCUT2D eigenvalue weighted by molar-refractivity contribution is 6.32. The van der Waals surface area contributed by atoms with Crippen molar-refractivity contribution in [2.24, 2.45) is 0 Å². The highest BCUT2D eigenvalue weighted by atomic mass is 35.5. The Bertz CT molecular complexity index is 736. The second kappa shape index (κ2) is 7.83. The molecule has 2 rings (SSSR count). The third-order valence-electron chi connectivity index (χ3n) is 3.06. The predicted octanol–water partition coefficient (Wildman–Crippen LogP) is 3.69. The van der Waals surface area contributed by atoms with Gasteiger partial charge in [0.25, 0.3) is 0 Å². The van der Waals surface area contributed by atoms with Crippen molar-refractivity contribution in [3.8, 4) is 11.5 Å². The van der Waals surface area contributed by atoms with Gasteiger partial charge in [-0.15, -0.1) is 0 Å². The predicted molar refractivity (Wildman–Crippen MR) is 88.0 cm³/mol. The number of methoxy groups -OCH3 is 2. The molecule has 0 spiro atoms. The molecule has 0 aromatic heterocycles. The Morgan fingerprint density at radius 2 is 1.67 bits per heavy atom. The maximum atomic E-state index is 13.1. The molecular weight excluding hydrogens is 342 g/mol. The summed E-state index contributed by atoms with van der Waals surface area (Å²) in [7, 11) is 2.90. The first-order valence-electron chi connectivity index (χ1n) is 6.84. The summed E-state index contributed by atoms with van der Waals surface area (Å²) >= 11 is 6.02. The second-order valence-electron chi connectivity index (χ2n) is 4.75. The van der Waals surface area contributed by atoms with Gasteiger partial charge in [0.2, 0.25) is 5.91 Å². The van der Waals surface area contributed by atoms with E-state index in [1.807, 2.05) is 0 Å². The quantitative estimate of drug-likeness (QED) is 0.828. The molecule has 1 amide bonds. The fraction of sp³-hybridized carbons (Fsp3) is 0.188. The molecule has 5 nitrogen and oxygen atoms in total. The average Bonchev–Trinajstić information content (AvgIpc) is 2.52. The van der Waals surface area contributed by atoms with Crippen LogP contribution in [0.5, 0.6) is 11.5 Å². The van der Waals surface area contributed by atoms with Crippen LogP contribution in [-0.2, 0) is 4.79 Å².